The van der Waals surface area contributed by atoms with Gasteiger partial charge in [-0.3, -0.25) is 0 Å². The van der Waals surface area contributed by atoms with Crippen LogP contribution in [0.25, 0.3) is 0 Å². The van der Waals surface area contributed by atoms with Crippen molar-refractivity contribution in [2.45, 2.75) is 108 Å². The lowest BCUT2D eigenvalue weighted by Crippen LogP contribution is -2.57. The number of ether oxygens (including phenoxy) is 6. The minimum Gasteiger partial charge on any atom is -0.497 e. The summed E-state index contributed by atoms with van der Waals surface area (Å²) in [5, 5.41) is 0.212. The van der Waals surface area contributed by atoms with Crippen LogP contribution in [0.4, 0.5) is 0 Å². The number of hydrogen-bond acceptors (Lipinski definition) is 8. The molecule has 2 saturated heterocycles. The molecule has 0 unspecified atom stereocenters. The standard InChI is InChI=1S/C28H48O7SSi/c1-10-36-26-25(31-18-20-12-14-21(29-7)15-13-20)24-23(34-28(5,6)35-24)22(33-26)19-30-16-11-17-32-37(8,9)27(2,3)4/h12-15,22-26H,10-11,16-19H2,1-9H3/t22-,23+,24+,25-,26+/m1/s1. The molecule has 1 aromatic rings. The van der Waals surface area contributed by atoms with Gasteiger partial charge in [-0.2, -0.15) is 0 Å². The molecule has 0 saturated carbocycles. The van der Waals surface area contributed by atoms with Crippen molar-refractivity contribution in [1.82, 2.24) is 0 Å². The Morgan fingerprint density at radius 3 is 2.32 bits per heavy atom. The Balaban J connectivity index is 1.57. The zero-order valence-corrected chi connectivity index (χ0v) is 26.0. The first-order chi connectivity index (χ1) is 17.4. The van der Waals surface area contributed by atoms with E-state index >= 15 is 0 Å². The fraction of sp³-hybridized carbons (Fsp3) is 0.786. The van der Waals surface area contributed by atoms with E-state index in [0.717, 1.165) is 30.1 Å². The summed E-state index contributed by atoms with van der Waals surface area (Å²) in [5.41, 5.74) is 0.902. The van der Waals surface area contributed by atoms with E-state index in [9.17, 15) is 0 Å². The predicted molar refractivity (Wildman–Crippen MR) is 151 cm³/mol. The summed E-state index contributed by atoms with van der Waals surface area (Å²) in [7, 11) is -0.0675. The average Bonchev–Trinajstić information content (AvgIpc) is 3.15. The summed E-state index contributed by atoms with van der Waals surface area (Å²) in [6.45, 7) is 19.6. The SMILES string of the molecule is CCS[C@@H]1O[C@H](COCCCO[Si](C)(C)C(C)(C)C)[C@@H]2OC(C)(C)O[C@@H]2[C@H]1OCc1ccc(OC)cc1. The molecule has 0 spiro atoms. The van der Waals surface area contributed by atoms with Gasteiger partial charge in [-0.15, -0.1) is 11.8 Å². The van der Waals surface area contributed by atoms with Crippen molar-refractivity contribution in [3.8, 4) is 5.75 Å². The number of methoxy groups -OCH3 is 1. The first-order valence-corrected chi connectivity index (χ1v) is 17.4. The van der Waals surface area contributed by atoms with Gasteiger partial charge < -0.3 is 32.8 Å². The fourth-order valence-electron chi connectivity index (χ4n) is 4.27. The van der Waals surface area contributed by atoms with E-state index in [2.05, 4.69) is 40.8 Å². The highest BCUT2D eigenvalue weighted by molar-refractivity contribution is 7.99. The Bertz CT molecular complexity index is 827. The Kier molecular flexibility index (Phi) is 11.0. The lowest BCUT2D eigenvalue weighted by Gasteiger charge is -2.41. The Hall–Kier alpha value is -0.653. The topological polar surface area (TPSA) is 64.6 Å². The Morgan fingerprint density at radius 1 is 1.03 bits per heavy atom. The molecule has 1 aromatic carbocycles. The van der Waals surface area contributed by atoms with Gasteiger partial charge in [0, 0.05) is 13.2 Å². The zero-order chi connectivity index (χ0) is 27.3. The summed E-state index contributed by atoms with van der Waals surface area (Å²) in [6, 6.07) is 7.92. The molecular weight excluding hydrogens is 508 g/mol. The first-order valence-electron chi connectivity index (χ1n) is 13.5. The lowest BCUT2D eigenvalue weighted by atomic mass is 10.00. The van der Waals surface area contributed by atoms with Crippen molar-refractivity contribution < 1.29 is 32.8 Å². The van der Waals surface area contributed by atoms with E-state index in [0.29, 0.717) is 19.8 Å². The van der Waals surface area contributed by atoms with Crippen LogP contribution in [0.5, 0.6) is 5.75 Å². The highest BCUT2D eigenvalue weighted by atomic mass is 32.2. The molecule has 2 heterocycles. The molecule has 2 aliphatic heterocycles. The maximum atomic E-state index is 6.54. The quantitative estimate of drug-likeness (QED) is 0.216. The number of hydrogen-bond donors (Lipinski definition) is 0. The first kappa shape index (κ1) is 30.9. The van der Waals surface area contributed by atoms with Crippen LogP contribution in [0.3, 0.4) is 0 Å². The molecule has 212 valence electrons. The third kappa shape index (κ3) is 8.41. The van der Waals surface area contributed by atoms with Gasteiger partial charge in [0.15, 0.2) is 14.1 Å². The van der Waals surface area contributed by atoms with Gasteiger partial charge in [0.1, 0.15) is 35.6 Å². The average molecular weight is 557 g/mol. The maximum absolute atomic E-state index is 6.54. The molecule has 0 bridgehead atoms. The Morgan fingerprint density at radius 2 is 1.70 bits per heavy atom. The van der Waals surface area contributed by atoms with E-state index in [1.165, 1.54) is 0 Å². The largest absolute Gasteiger partial charge is 0.497 e. The molecule has 0 radical (unpaired) electrons. The van der Waals surface area contributed by atoms with Crippen molar-refractivity contribution in [2.75, 3.05) is 32.7 Å². The molecule has 2 fully saturated rings. The molecule has 2 aliphatic rings. The monoisotopic (exact) mass is 556 g/mol. The van der Waals surface area contributed by atoms with E-state index in [-0.39, 0.29) is 34.9 Å². The van der Waals surface area contributed by atoms with Crippen molar-refractivity contribution in [3.63, 3.8) is 0 Å². The van der Waals surface area contributed by atoms with Crippen LogP contribution in [-0.4, -0.2) is 76.6 Å². The molecule has 0 amide bonds. The van der Waals surface area contributed by atoms with Gasteiger partial charge in [-0.25, -0.2) is 0 Å². The van der Waals surface area contributed by atoms with Crippen LogP contribution < -0.4 is 4.74 Å². The lowest BCUT2D eigenvalue weighted by molar-refractivity contribution is -0.191. The zero-order valence-electron chi connectivity index (χ0n) is 24.2. The third-order valence-electron chi connectivity index (χ3n) is 7.35. The van der Waals surface area contributed by atoms with Crippen molar-refractivity contribution in [2.24, 2.45) is 0 Å². The minimum absolute atomic E-state index is 0.169. The molecule has 5 atom stereocenters. The van der Waals surface area contributed by atoms with Crippen molar-refractivity contribution in [1.29, 1.82) is 0 Å². The van der Waals surface area contributed by atoms with Gasteiger partial charge in [-0.05, 0) is 61.8 Å². The van der Waals surface area contributed by atoms with Crippen LogP contribution in [0.2, 0.25) is 18.1 Å². The molecule has 7 nitrogen and oxygen atoms in total. The van der Waals surface area contributed by atoms with Gasteiger partial charge in [-0.1, -0.05) is 39.8 Å². The second kappa shape index (κ2) is 13.1. The molecule has 37 heavy (non-hydrogen) atoms. The van der Waals surface area contributed by atoms with Gasteiger partial charge in [0.2, 0.25) is 0 Å². The molecule has 3 rings (SSSR count). The van der Waals surface area contributed by atoms with E-state index in [1.54, 1.807) is 18.9 Å². The number of thioether (sulfide) groups is 1. The van der Waals surface area contributed by atoms with Crippen molar-refractivity contribution in [3.05, 3.63) is 29.8 Å². The predicted octanol–water partition coefficient (Wildman–Crippen LogP) is 6.01. The smallest absolute Gasteiger partial charge is 0.191 e. The second-order valence-corrected chi connectivity index (χ2v) is 17.9. The second-order valence-electron chi connectivity index (χ2n) is 11.7. The summed E-state index contributed by atoms with van der Waals surface area (Å²) in [6.07, 6.45) is -0.114. The normalized spacial score (nSPS) is 27.8. The number of benzene rings is 1. The molecule has 0 aliphatic carbocycles. The minimum atomic E-state index is -1.73. The van der Waals surface area contributed by atoms with Crippen LogP contribution in [0, 0.1) is 0 Å². The van der Waals surface area contributed by atoms with E-state index < -0.39 is 14.1 Å². The van der Waals surface area contributed by atoms with Gasteiger partial charge in [0.05, 0.1) is 20.3 Å². The summed E-state index contributed by atoms with van der Waals surface area (Å²) in [5.74, 6) is 1.03. The van der Waals surface area contributed by atoms with Crippen molar-refractivity contribution >= 4 is 20.1 Å². The number of fused-ring (bicyclic) bond motifs is 1. The molecule has 0 aromatic heterocycles. The highest BCUT2D eigenvalue weighted by Crippen LogP contribution is 2.42. The number of rotatable bonds is 13. The third-order valence-corrected chi connectivity index (χ3v) is 12.9. The van der Waals surface area contributed by atoms with Crippen LogP contribution in [0.15, 0.2) is 24.3 Å². The Labute approximate surface area is 229 Å². The summed E-state index contributed by atoms with van der Waals surface area (Å²) >= 11 is 1.73. The molecule has 9 heteroatoms. The summed E-state index contributed by atoms with van der Waals surface area (Å²) < 4.78 is 43.3. The highest BCUT2D eigenvalue weighted by Gasteiger charge is 2.55. The van der Waals surface area contributed by atoms with Gasteiger partial charge >= 0.3 is 0 Å². The summed E-state index contributed by atoms with van der Waals surface area (Å²) in [4.78, 5) is 0. The molecule has 0 N–H and O–H groups in total. The van der Waals surface area contributed by atoms with Gasteiger partial charge in [0.25, 0.3) is 0 Å². The van der Waals surface area contributed by atoms with Crippen LogP contribution >= 0.6 is 11.8 Å². The fourth-order valence-corrected chi connectivity index (χ4v) is 6.33. The van der Waals surface area contributed by atoms with E-state index in [4.69, 9.17) is 32.8 Å². The van der Waals surface area contributed by atoms with Crippen LogP contribution in [0.1, 0.15) is 53.5 Å². The molecular formula is C28H48O7SSi. The van der Waals surface area contributed by atoms with Crippen LogP contribution in [-0.2, 0) is 34.7 Å². The van der Waals surface area contributed by atoms with E-state index in [1.807, 2.05) is 38.1 Å². The maximum Gasteiger partial charge on any atom is 0.191 e.